The largest absolute Gasteiger partial charge is 1.00 e. The van der Waals surface area contributed by atoms with Gasteiger partial charge in [0.15, 0.2) is 0 Å². The fourth-order valence-corrected chi connectivity index (χ4v) is 4.73. The summed E-state index contributed by atoms with van der Waals surface area (Å²) in [6.45, 7) is 0. The van der Waals surface area contributed by atoms with Gasteiger partial charge in [-0.15, -0.1) is 0 Å². The predicted octanol–water partition coefficient (Wildman–Crippen LogP) is 2.98. The predicted molar refractivity (Wildman–Crippen MR) is 45.9 cm³/mol. The fraction of sp³-hybridized carbons (Fsp3) is 0.200. The van der Waals surface area contributed by atoms with Crippen LogP contribution in [0.4, 0.5) is 0 Å². The molecule has 0 heterocycles. The van der Waals surface area contributed by atoms with E-state index in [-0.39, 0.29) is 21.4 Å². The van der Waals surface area contributed by atoms with Crippen LogP contribution in [-0.2, 0) is 18.6 Å². The second kappa shape index (κ2) is 3.36. The zero-order valence-corrected chi connectivity index (χ0v) is 9.22. The van der Waals surface area contributed by atoms with E-state index in [0.29, 0.717) is 0 Å². The van der Waals surface area contributed by atoms with Gasteiger partial charge in [0.2, 0.25) is 0 Å². The van der Waals surface area contributed by atoms with Crippen LogP contribution in [0, 0.1) is 0 Å². The van der Waals surface area contributed by atoms with Crippen LogP contribution in [0.25, 0.3) is 0 Å². The van der Waals surface area contributed by atoms with Crippen molar-refractivity contribution in [1.82, 2.24) is 0 Å². The van der Waals surface area contributed by atoms with E-state index >= 15 is 0 Å². The van der Waals surface area contributed by atoms with E-state index in [9.17, 15) is 0 Å². The second-order valence-electron chi connectivity index (χ2n) is 2.63. The van der Waals surface area contributed by atoms with Crippen LogP contribution in [0.1, 0.15) is 15.7 Å². The van der Waals surface area contributed by atoms with Gasteiger partial charge in [0, 0.05) is 0 Å². The Morgan fingerprint density at radius 3 is 1.91 bits per heavy atom. The molecule has 2 rings (SSSR count). The van der Waals surface area contributed by atoms with Gasteiger partial charge in [-0.05, 0) is 0 Å². The van der Waals surface area contributed by atoms with Gasteiger partial charge in [0.25, 0.3) is 0 Å². The summed E-state index contributed by atoms with van der Waals surface area (Å²) in [5.41, 5.74) is 0. The van der Waals surface area contributed by atoms with Gasteiger partial charge in [0.05, 0.1) is 0 Å². The van der Waals surface area contributed by atoms with Crippen LogP contribution in [-0.4, -0.2) is 0 Å². The van der Waals surface area contributed by atoms with Gasteiger partial charge in [-0.2, -0.15) is 0 Å². The van der Waals surface area contributed by atoms with Gasteiger partial charge in [-0.1, -0.05) is 0 Å². The van der Waals surface area contributed by atoms with E-state index < -0.39 is 0 Å². The molecule has 0 atom stereocenters. The van der Waals surface area contributed by atoms with Crippen LogP contribution in [0.15, 0.2) is 44.4 Å². The molecule has 0 unspecified atom stereocenters. The van der Waals surface area contributed by atoms with Gasteiger partial charge in [0.1, 0.15) is 0 Å². The molecule has 0 bridgehead atoms. The molecule has 0 spiro atoms. The Hall–Kier alpha value is -0.352. The van der Waals surface area contributed by atoms with E-state index in [0.717, 1.165) is 0 Å². The molecule has 58 valence electrons. The Balaban J connectivity index is 0.000000720. The van der Waals surface area contributed by atoms with Crippen molar-refractivity contribution < 1.29 is 21.4 Å². The first-order valence-corrected chi connectivity index (χ1v) is 6.78. The Kier molecular flexibility index (Phi) is 2.23. The first-order chi connectivity index (χ1) is 5.45. The minimum Gasteiger partial charge on any atom is -1.00 e. The Bertz CT molecular complexity index is 247. The Morgan fingerprint density at radius 1 is 1.00 bits per heavy atom. The van der Waals surface area contributed by atoms with Crippen LogP contribution in [0.3, 0.4) is 0 Å². The number of hydrogen-bond donors (Lipinski definition) is 0. The van der Waals surface area contributed by atoms with E-state index in [1.54, 1.807) is 7.93 Å². The summed E-state index contributed by atoms with van der Waals surface area (Å²) in [4.78, 5) is 0. The van der Waals surface area contributed by atoms with Crippen molar-refractivity contribution in [3.63, 3.8) is 0 Å². The summed E-state index contributed by atoms with van der Waals surface area (Å²) >= 11 is -0.282. The molecule has 0 aromatic rings. The van der Waals surface area contributed by atoms with Gasteiger partial charge in [-0.25, -0.2) is 0 Å². The molecule has 0 radical (unpaired) electrons. The molecule has 1 heteroatoms. The minimum absolute atomic E-state index is 0. The first-order valence-electron chi connectivity index (χ1n) is 3.84. The molecule has 0 aliphatic heterocycles. The third kappa shape index (κ3) is 1.81. The van der Waals surface area contributed by atoms with Crippen LogP contribution >= 0.6 is 0 Å². The molecule has 2 aliphatic carbocycles. The van der Waals surface area contributed by atoms with Crippen molar-refractivity contribution >= 4 is 0 Å². The van der Waals surface area contributed by atoms with Gasteiger partial charge < -0.3 is 2.85 Å². The summed E-state index contributed by atoms with van der Waals surface area (Å²) in [6.07, 6.45) is 16.0. The SMILES string of the molecule is C1=CC[C]([W+2][C]2=CC=CC2)=C1.[H-].[H-]. The summed E-state index contributed by atoms with van der Waals surface area (Å²) in [6, 6.07) is 0. The van der Waals surface area contributed by atoms with Crippen molar-refractivity contribution in [3.05, 3.63) is 44.4 Å². The van der Waals surface area contributed by atoms with Crippen molar-refractivity contribution in [2.75, 3.05) is 0 Å². The molecule has 0 amide bonds. The van der Waals surface area contributed by atoms with E-state index in [4.69, 9.17) is 0 Å². The molecule has 0 aromatic carbocycles. The van der Waals surface area contributed by atoms with Crippen molar-refractivity contribution in [1.29, 1.82) is 0 Å². The zero-order valence-electron chi connectivity index (χ0n) is 8.29. The zero-order chi connectivity index (χ0) is 7.52. The average Bonchev–Trinajstić information content (AvgIpc) is 2.60. The molecule has 0 saturated carbocycles. The molecule has 0 saturated heterocycles. The summed E-state index contributed by atoms with van der Waals surface area (Å²) in [7, 11) is 0. The molecule has 2 aliphatic rings. The van der Waals surface area contributed by atoms with Gasteiger partial charge in [-0.3, -0.25) is 0 Å². The summed E-state index contributed by atoms with van der Waals surface area (Å²) in [5, 5.41) is 0. The Labute approximate surface area is 78.9 Å². The summed E-state index contributed by atoms with van der Waals surface area (Å²) in [5.74, 6) is 0. The molecule has 0 aromatic heterocycles. The standard InChI is InChI=1S/2C5H5.W.2H/c2*1-2-4-5-3-1;;;/h2*1-3H,4H2;;;/q;;+2;2*-1. The van der Waals surface area contributed by atoms with E-state index in [1.165, 1.54) is 12.8 Å². The molecule has 11 heavy (non-hydrogen) atoms. The summed E-state index contributed by atoms with van der Waals surface area (Å²) < 4.78 is 3.44. The molecule has 0 N–H and O–H groups in total. The number of hydrogen-bond acceptors (Lipinski definition) is 0. The van der Waals surface area contributed by atoms with Crippen molar-refractivity contribution in [2.24, 2.45) is 0 Å². The molecule has 0 fully saturated rings. The second-order valence-corrected chi connectivity index (χ2v) is 7.13. The topological polar surface area (TPSA) is 0 Å². The number of rotatable bonds is 2. The molecular weight excluding hydrogens is 304 g/mol. The van der Waals surface area contributed by atoms with Crippen LogP contribution < -0.4 is 0 Å². The monoisotopic (exact) mass is 316 g/mol. The number of allylic oxidation sites excluding steroid dienone is 8. The quantitative estimate of drug-likeness (QED) is 0.735. The average molecular weight is 316 g/mol. The van der Waals surface area contributed by atoms with Crippen LogP contribution in [0.2, 0.25) is 0 Å². The van der Waals surface area contributed by atoms with Crippen molar-refractivity contribution in [2.45, 2.75) is 12.8 Å². The van der Waals surface area contributed by atoms with Crippen LogP contribution in [0.5, 0.6) is 0 Å². The van der Waals surface area contributed by atoms with E-state index in [1.807, 2.05) is 0 Å². The third-order valence-corrected chi connectivity index (χ3v) is 5.80. The normalized spacial score (nSPS) is 20.4. The molecule has 0 nitrogen and oxygen atoms in total. The molecular formula is C10H12W. The van der Waals surface area contributed by atoms with E-state index in [2.05, 4.69) is 36.5 Å². The maximum atomic E-state index is 2.31. The third-order valence-electron chi connectivity index (χ3n) is 1.74. The Morgan fingerprint density at radius 2 is 1.55 bits per heavy atom. The maximum absolute atomic E-state index is 2.31. The van der Waals surface area contributed by atoms with Gasteiger partial charge >= 0.3 is 75.8 Å². The smallest absolute Gasteiger partial charge is 1.00 e. The fourth-order valence-electron chi connectivity index (χ4n) is 1.17. The maximum Gasteiger partial charge on any atom is -1.00 e. The minimum atomic E-state index is -0.282. The van der Waals surface area contributed by atoms with Crippen molar-refractivity contribution in [3.8, 4) is 0 Å². The first kappa shape index (κ1) is 7.31.